The van der Waals surface area contributed by atoms with Crippen LogP contribution in [0.3, 0.4) is 0 Å². The maximum atomic E-state index is 5.91. The maximum Gasteiger partial charge on any atom is 0.197 e. The van der Waals surface area contributed by atoms with E-state index in [1.165, 1.54) is 11.3 Å². The third-order valence-electron chi connectivity index (χ3n) is 2.20. The van der Waals surface area contributed by atoms with Crippen molar-refractivity contribution in [2.24, 2.45) is 5.84 Å². The zero-order chi connectivity index (χ0) is 12.3. The van der Waals surface area contributed by atoms with Crippen LogP contribution in [-0.4, -0.2) is 4.98 Å². The minimum absolute atomic E-state index is 0.459. The fourth-order valence-electron chi connectivity index (χ4n) is 1.32. The molecule has 1 heterocycles. The summed E-state index contributed by atoms with van der Waals surface area (Å²) in [5.74, 6) is 6.04. The highest BCUT2D eigenvalue weighted by atomic mass is 35.5. The molecule has 90 valence electrons. The number of nitrogen functional groups attached to an aromatic ring is 1. The third kappa shape index (κ3) is 3.09. The van der Waals surface area contributed by atoms with Crippen molar-refractivity contribution < 1.29 is 4.74 Å². The van der Waals surface area contributed by atoms with Gasteiger partial charge in [0.2, 0.25) is 0 Å². The van der Waals surface area contributed by atoms with Gasteiger partial charge in [0.1, 0.15) is 12.4 Å². The Balaban J connectivity index is 2.04. The first-order valence-electron chi connectivity index (χ1n) is 4.99. The standard InChI is InChI=1S/C11H12ClN3OS/c1-7-2-3-8(12)4-10(7)16-6-9-5-14-11(15-13)17-9/h2-5H,6,13H2,1H3,(H,14,15). The Morgan fingerprint density at radius 2 is 2.35 bits per heavy atom. The molecule has 6 heteroatoms. The summed E-state index contributed by atoms with van der Waals surface area (Å²) in [6.07, 6.45) is 1.74. The highest BCUT2D eigenvalue weighted by Crippen LogP contribution is 2.25. The molecule has 0 saturated carbocycles. The number of hydrogen-bond donors (Lipinski definition) is 2. The van der Waals surface area contributed by atoms with Crippen molar-refractivity contribution >= 4 is 28.1 Å². The van der Waals surface area contributed by atoms with E-state index in [9.17, 15) is 0 Å². The number of hydrogen-bond acceptors (Lipinski definition) is 5. The molecule has 0 aliphatic carbocycles. The lowest BCUT2D eigenvalue weighted by Crippen LogP contribution is -2.05. The summed E-state index contributed by atoms with van der Waals surface area (Å²) in [7, 11) is 0. The van der Waals surface area contributed by atoms with Crippen LogP contribution in [0.5, 0.6) is 5.75 Å². The predicted octanol–water partition coefficient (Wildman–Crippen LogP) is 2.97. The molecule has 0 aliphatic heterocycles. The average molecular weight is 270 g/mol. The van der Waals surface area contributed by atoms with Gasteiger partial charge < -0.3 is 4.74 Å². The highest BCUT2D eigenvalue weighted by molar-refractivity contribution is 7.15. The Bertz CT molecular complexity index is 515. The zero-order valence-corrected chi connectivity index (χ0v) is 10.8. The minimum atomic E-state index is 0.459. The fourth-order valence-corrected chi connectivity index (χ4v) is 2.12. The number of nitrogens with zero attached hydrogens (tertiary/aromatic N) is 1. The Morgan fingerprint density at radius 1 is 1.53 bits per heavy atom. The smallest absolute Gasteiger partial charge is 0.197 e. The lowest BCUT2D eigenvalue weighted by molar-refractivity contribution is 0.307. The maximum absolute atomic E-state index is 5.91. The highest BCUT2D eigenvalue weighted by Gasteiger charge is 2.04. The normalized spacial score (nSPS) is 10.3. The van der Waals surface area contributed by atoms with E-state index < -0.39 is 0 Å². The van der Waals surface area contributed by atoms with Crippen LogP contribution in [0.15, 0.2) is 24.4 Å². The van der Waals surface area contributed by atoms with E-state index in [-0.39, 0.29) is 0 Å². The van der Waals surface area contributed by atoms with Gasteiger partial charge in [-0.1, -0.05) is 29.0 Å². The largest absolute Gasteiger partial charge is 0.488 e. The van der Waals surface area contributed by atoms with Gasteiger partial charge in [0.25, 0.3) is 0 Å². The molecule has 2 rings (SSSR count). The lowest BCUT2D eigenvalue weighted by Gasteiger charge is -2.07. The molecule has 3 N–H and O–H groups in total. The molecule has 0 aliphatic rings. The first kappa shape index (κ1) is 12.2. The molecule has 2 aromatic rings. The van der Waals surface area contributed by atoms with Gasteiger partial charge in [-0.2, -0.15) is 0 Å². The van der Waals surface area contributed by atoms with Crippen LogP contribution in [-0.2, 0) is 6.61 Å². The lowest BCUT2D eigenvalue weighted by atomic mass is 10.2. The molecule has 1 aromatic carbocycles. The molecule has 1 aromatic heterocycles. The number of ether oxygens (including phenoxy) is 1. The molecule has 4 nitrogen and oxygen atoms in total. The number of hydrazine groups is 1. The predicted molar refractivity (Wildman–Crippen MR) is 70.4 cm³/mol. The van der Waals surface area contributed by atoms with E-state index in [2.05, 4.69) is 10.4 Å². The molecular formula is C11H12ClN3OS. The quantitative estimate of drug-likeness (QED) is 0.662. The van der Waals surface area contributed by atoms with Crippen molar-refractivity contribution in [3.05, 3.63) is 39.9 Å². The van der Waals surface area contributed by atoms with E-state index in [4.69, 9.17) is 22.2 Å². The molecule has 0 atom stereocenters. The fraction of sp³-hybridized carbons (Fsp3) is 0.182. The number of aromatic nitrogens is 1. The molecule has 0 bridgehead atoms. The molecule has 0 spiro atoms. The first-order chi connectivity index (χ1) is 8.19. The van der Waals surface area contributed by atoms with Crippen molar-refractivity contribution in [2.45, 2.75) is 13.5 Å². The molecule has 0 saturated heterocycles. The van der Waals surface area contributed by atoms with Crippen molar-refractivity contribution in [3.8, 4) is 5.75 Å². The monoisotopic (exact) mass is 269 g/mol. The molecule has 0 unspecified atom stereocenters. The van der Waals surface area contributed by atoms with Crippen LogP contribution in [0.4, 0.5) is 5.13 Å². The van der Waals surface area contributed by atoms with Crippen LogP contribution < -0.4 is 16.0 Å². The molecule has 0 amide bonds. The van der Waals surface area contributed by atoms with Crippen LogP contribution >= 0.6 is 22.9 Å². The van der Waals surface area contributed by atoms with Crippen LogP contribution in [0.25, 0.3) is 0 Å². The van der Waals surface area contributed by atoms with Gasteiger partial charge in [-0.15, -0.1) is 0 Å². The second-order valence-electron chi connectivity index (χ2n) is 3.47. The SMILES string of the molecule is Cc1ccc(Cl)cc1OCc1cnc(NN)s1. The Kier molecular flexibility index (Phi) is 3.83. The number of halogens is 1. The van der Waals surface area contributed by atoms with Gasteiger partial charge in [0.15, 0.2) is 5.13 Å². The Morgan fingerprint density at radius 3 is 3.06 bits per heavy atom. The van der Waals surface area contributed by atoms with Gasteiger partial charge >= 0.3 is 0 Å². The van der Waals surface area contributed by atoms with E-state index in [1.54, 1.807) is 12.3 Å². The topological polar surface area (TPSA) is 60.2 Å². The van der Waals surface area contributed by atoms with E-state index in [0.29, 0.717) is 16.8 Å². The van der Waals surface area contributed by atoms with Crippen molar-refractivity contribution in [1.82, 2.24) is 4.98 Å². The summed E-state index contributed by atoms with van der Waals surface area (Å²) in [4.78, 5) is 5.06. The summed E-state index contributed by atoms with van der Waals surface area (Å²) >= 11 is 7.37. The second kappa shape index (κ2) is 5.35. The number of aryl methyl sites for hydroxylation is 1. The summed E-state index contributed by atoms with van der Waals surface area (Å²) in [6.45, 7) is 2.44. The number of anilines is 1. The van der Waals surface area contributed by atoms with Crippen LogP contribution in [0.2, 0.25) is 5.02 Å². The van der Waals surface area contributed by atoms with Crippen LogP contribution in [0, 0.1) is 6.92 Å². The number of nitrogens with two attached hydrogens (primary N) is 1. The van der Waals surface area contributed by atoms with Crippen molar-refractivity contribution in [3.63, 3.8) is 0 Å². The van der Waals surface area contributed by atoms with E-state index >= 15 is 0 Å². The van der Waals surface area contributed by atoms with Gasteiger partial charge in [0, 0.05) is 11.2 Å². The first-order valence-corrected chi connectivity index (χ1v) is 6.19. The molecule has 0 radical (unpaired) electrons. The average Bonchev–Trinajstić information content (AvgIpc) is 2.78. The number of thiazole rings is 1. The Hall–Kier alpha value is -1.30. The van der Waals surface area contributed by atoms with E-state index in [0.717, 1.165) is 16.2 Å². The van der Waals surface area contributed by atoms with E-state index in [1.807, 2.05) is 19.1 Å². The molecule has 17 heavy (non-hydrogen) atoms. The zero-order valence-electron chi connectivity index (χ0n) is 9.24. The third-order valence-corrected chi connectivity index (χ3v) is 3.33. The Labute approximate surface area is 108 Å². The van der Waals surface area contributed by atoms with Crippen LogP contribution in [0.1, 0.15) is 10.4 Å². The van der Waals surface area contributed by atoms with Gasteiger partial charge in [-0.3, -0.25) is 5.43 Å². The summed E-state index contributed by atoms with van der Waals surface area (Å²) < 4.78 is 5.68. The van der Waals surface area contributed by atoms with Crippen molar-refractivity contribution in [2.75, 3.05) is 5.43 Å². The second-order valence-corrected chi connectivity index (χ2v) is 5.03. The van der Waals surface area contributed by atoms with Gasteiger partial charge in [-0.25, -0.2) is 10.8 Å². The summed E-state index contributed by atoms with van der Waals surface area (Å²) in [5, 5.41) is 1.34. The number of rotatable bonds is 4. The molecule has 0 fully saturated rings. The number of nitrogens with one attached hydrogen (secondary N) is 1. The summed E-state index contributed by atoms with van der Waals surface area (Å²) in [6, 6.07) is 5.57. The number of benzene rings is 1. The summed E-state index contributed by atoms with van der Waals surface area (Å²) in [5.41, 5.74) is 3.55. The molecular weight excluding hydrogens is 258 g/mol. The van der Waals surface area contributed by atoms with Gasteiger partial charge in [-0.05, 0) is 24.6 Å². The minimum Gasteiger partial charge on any atom is -0.488 e. The van der Waals surface area contributed by atoms with Crippen molar-refractivity contribution in [1.29, 1.82) is 0 Å². The van der Waals surface area contributed by atoms with Gasteiger partial charge in [0.05, 0.1) is 4.88 Å².